The molecule has 0 aromatic rings. The molecule has 0 spiro atoms. The second-order valence-electron chi connectivity index (χ2n) is 5.61. The number of hydrogen-bond donors (Lipinski definition) is 1. The molecular weight excluding hydrogens is 212 g/mol. The molecule has 1 amide bonds. The zero-order chi connectivity index (χ0) is 12.4. The van der Waals surface area contributed by atoms with Gasteiger partial charge in [-0.2, -0.15) is 0 Å². The van der Waals surface area contributed by atoms with Gasteiger partial charge >= 0.3 is 0 Å². The van der Waals surface area contributed by atoms with E-state index in [-0.39, 0.29) is 12.2 Å². The quantitative estimate of drug-likeness (QED) is 0.798. The highest BCUT2D eigenvalue weighted by atomic mass is 16.2. The van der Waals surface area contributed by atoms with Crippen LogP contribution in [0.25, 0.3) is 0 Å². The molecule has 1 aliphatic carbocycles. The normalized spacial score (nSPS) is 31.7. The van der Waals surface area contributed by atoms with Crippen LogP contribution in [0.3, 0.4) is 0 Å². The van der Waals surface area contributed by atoms with E-state index in [0.717, 1.165) is 25.2 Å². The fraction of sp³-hybridized carbons (Fsp3) is 0.929. The van der Waals surface area contributed by atoms with Crippen molar-refractivity contribution < 1.29 is 4.79 Å². The van der Waals surface area contributed by atoms with Gasteiger partial charge in [-0.15, -0.1) is 0 Å². The average Bonchev–Trinajstić information content (AvgIpc) is 2.53. The van der Waals surface area contributed by atoms with Crippen molar-refractivity contribution >= 4 is 5.91 Å². The Balaban J connectivity index is 2.06. The lowest BCUT2D eigenvalue weighted by atomic mass is 9.79. The standard InChI is InChI=1S/C14H26N2O/c1-4-7-13-15-12(5-2)14(17)16(13)10(3)11-8-6-9-11/h10-13,15H,4-9H2,1-3H3. The maximum Gasteiger partial charge on any atom is 0.241 e. The third kappa shape index (κ3) is 2.35. The van der Waals surface area contributed by atoms with Gasteiger partial charge in [0.2, 0.25) is 5.91 Å². The molecule has 1 saturated carbocycles. The van der Waals surface area contributed by atoms with Crippen molar-refractivity contribution in [3.8, 4) is 0 Å². The Morgan fingerprint density at radius 1 is 1.41 bits per heavy atom. The van der Waals surface area contributed by atoms with Crippen LogP contribution in [0.5, 0.6) is 0 Å². The first-order valence-electron chi connectivity index (χ1n) is 7.27. The first-order chi connectivity index (χ1) is 8.19. The summed E-state index contributed by atoms with van der Waals surface area (Å²) in [6.07, 6.45) is 7.37. The third-order valence-corrected chi connectivity index (χ3v) is 4.52. The van der Waals surface area contributed by atoms with E-state index >= 15 is 0 Å². The number of amides is 1. The first kappa shape index (κ1) is 12.9. The number of carbonyl (C=O) groups excluding carboxylic acids is 1. The van der Waals surface area contributed by atoms with E-state index in [4.69, 9.17) is 0 Å². The van der Waals surface area contributed by atoms with Gasteiger partial charge < -0.3 is 4.90 Å². The van der Waals surface area contributed by atoms with Crippen LogP contribution in [0.1, 0.15) is 59.3 Å². The van der Waals surface area contributed by atoms with Gasteiger partial charge in [0, 0.05) is 6.04 Å². The summed E-state index contributed by atoms with van der Waals surface area (Å²) >= 11 is 0. The van der Waals surface area contributed by atoms with E-state index in [0.29, 0.717) is 11.9 Å². The molecular formula is C14H26N2O. The van der Waals surface area contributed by atoms with E-state index in [9.17, 15) is 4.79 Å². The molecule has 3 atom stereocenters. The maximum atomic E-state index is 12.4. The minimum absolute atomic E-state index is 0.0640. The second-order valence-corrected chi connectivity index (χ2v) is 5.61. The van der Waals surface area contributed by atoms with Crippen LogP contribution in [-0.2, 0) is 4.79 Å². The van der Waals surface area contributed by atoms with Crippen LogP contribution in [-0.4, -0.2) is 29.1 Å². The molecule has 2 rings (SSSR count). The highest BCUT2D eigenvalue weighted by Crippen LogP contribution is 2.34. The predicted octanol–water partition coefficient (Wildman–Crippen LogP) is 2.51. The van der Waals surface area contributed by atoms with Crippen molar-refractivity contribution in [2.75, 3.05) is 0 Å². The minimum Gasteiger partial charge on any atom is -0.323 e. The fourth-order valence-corrected chi connectivity index (χ4v) is 3.14. The van der Waals surface area contributed by atoms with E-state index in [1.54, 1.807) is 0 Å². The Labute approximate surface area is 105 Å². The van der Waals surface area contributed by atoms with E-state index in [1.807, 2.05) is 0 Å². The zero-order valence-electron chi connectivity index (χ0n) is 11.4. The summed E-state index contributed by atoms with van der Waals surface area (Å²) in [6.45, 7) is 6.53. The molecule has 98 valence electrons. The van der Waals surface area contributed by atoms with Crippen LogP contribution < -0.4 is 5.32 Å². The highest BCUT2D eigenvalue weighted by Gasteiger charge is 2.42. The Morgan fingerprint density at radius 3 is 2.59 bits per heavy atom. The summed E-state index contributed by atoms with van der Waals surface area (Å²) in [5.41, 5.74) is 0. The Bertz CT molecular complexity index is 275. The SMILES string of the molecule is CCCC1NC(CC)C(=O)N1C(C)C1CCC1. The van der Waals surface area contributed by atoms with Gasteiger partial charge in [0.1, 0.15) is 0 Å². The molecule has 3 heteroatoms. The first-order valence-corrected chi connectivity index (χ1v) is 7.27. The molecule has 2 aliphatic rings. The molecule has 0 aromatic heterocycles. The molecule has 3 unspecified atom stereocenters. The lowest BCUT2D eigenvalue weighted by molar-refractivity contribution is -0.133. The molecule has 2 fully saturated rings. The second kappa shape index (κ2) is 5.38. The molecule has 1 saturated heterocycles. The van der Waals surface area contributed by atoms with Gasteiger partial charge in [0.25, 0.3) is 0 Å². The monoisotopic (exact) mass is 238 g/mol. The van der Waals surface area contributed by atoms with Crippen LogP contribution in [0.4, 0.5) is 0 Å². The van der Waals surface area contributed by atoms with Crippen LogP contribution >= 0.6 is 0 Å². The summed E-state index contributed by atoms with van der Waals surface area (Å²) < 4.78 is 0. The Hall–Kier alpha value is -0.570. The van der Waals surface area contributed by atoms with Crippen molar-refractivity contribution in [1.29, 1.82) is 0 Å². The molecule has 0 aromatic carbocycles. The Kier molecular flexibility index (Phi) is 4.08. The van der Waals surface area contributed by atoms with Crippen molar-refractivity contribution in [2.24, 2.45) is 5.92 Å². The number of hydrogen-bond acceptors (Lipinski definition) is 2. The molecule has 1 N–H and O–H groups in total. The van der Waals surface area contributed by atoms with Crippen molar-refractivity contribution in [3.63, 3.8) is 0 Å². The van der Waals surface area contributed by atoms with Crippen LogP contribution in [0, 0.1) is 5.92 Å². The summed E-state index contributed by atoms with van der Waals surface area (Å²) in [5.74, 6) is 1.08. The summed E-state index contributed by atoms with van der Waals surface area (Å²) in [6, 6.07) is 0.492. The number of rotatable bonds is 5. The largest absolute Gasteiger partial charge is 0.323 e. The van der Waals surface area contributed by atoms with Gasteiger partial charge in [0.05, 0.1) is 12.2 Å². The van der Waals surface area contributed by atoms with Crippen LogP contribution in [0.2, 0.25) is 0 Å². The van der Waals surface area contributed by atoms with Crippen molar-refractivity contribution in [1.82, 2.24) is 10.2 Å². The number of nitrogens with zero attached hydrogens (tertiary/aromatic N) is 1. The molecule has 0 radical (unpaired) electrons. The molecule has 1 aliphatic heterocycles. The third-order valence-electron chi connectivity index (χ3n) is 4.52. The van der Waals surface area contributed by atoms with Gasteiger partial charge in [-0.25, -0.2) is 0 Å². The molecule has 17 heavy (non-hydrogen) atoms. The highest BCUT2D eigenvalue weighted by molar-refractivity contribution is 5.84. The van der Waals surface area contributed by atoms with Crippen molar-refractivity contribution in [2.45, 2.75) is 77.5 Å². The summed E-state index contributed by atoms with van der Waals surface area (Å²) in [4.78, 5) is 14.5. The summed E-state index contributed by atoms with van der Waals surface area (Å²) in [5, 5.41) is 3.50. The lowest BCUT2D eigenvalue weighted by Crippen LogP contribution is -2.48. The van der Waals surface area contributed by atoms with Gasteiger partial charge in [-0.05, 0) is 38.5 Å². The molecule has 1 heterocycles. The van der Waals surface area contributed by atoms with Gasteiger partial charge in [-0.1, -0.05) is 26.7 Å². The smallest absolute Gasteiger partial charge is 0.241 e. The lowest BCUT2D eigenvalue weighted by Gasteiger charge is -2.39. The van der Waals surface area contributed by atoms with Gasteiger partial charge in [-0.3, -0.25) is 10.1 Å². The zero-order valence-corrected chi connectivity index (χ0v) is 11.4. The average molecular weight is 238 g/mol. The molecule has 0 bridgehead atoms. The van der Waals surface area contributed by atoms with E-state index in [2.05, 4.69) is 31.0 Å². The van der Waals surface area contributed by atoms with Crippen LogP contribution in [0.15, 0.2) is 0 Å². The predicted molar refractivity (Wildman–Crippen MR) is 69.6 cm³/mol. The maximum absolute atomic E-state index is 12.4. The fourth-order valence-electron chi connectivity index (χ4n) is 3.14. The van der Waals surface area contributed by atoms with Crippen molar-refractivity contribution in [3.05, 3.63) is 0 Å². The number of nitrogens with one attached hydrogen (secondary N) is 1. The summed E-state index contributed by atoms with van der Waals surface area (Å²) in [7, 11) is 0. The number of carbonyl (C=O) groups is 1. The molecule has 3 nitrogen and oxygen atoms in total. The topological polar surface area (TPSA) is 32.3 Å². The Morgan fingerprint density at radius 2 is 2.12 bits per heavy atom. The van der Waals surface area contributed by atoms with E-state index in [1.165, 1.54) is 19.3 Å². The minimum atomic E-state index is 0.0640. The van der Waals surface area contributed by atoms with E-state index < -0.39 is 0 Å². The van der Waals surface area contributed by atoms with Gasteiger partial charge in [0.15, 0.2) is 0 Å².